The topological polar surface area (TPSA) is 55.1 Å². The van der Waals surface area contributed by atoms with Gasteiger partial charge in [0.2, 0.25) is 5.91 Å². The molecule has 102 valence electrons. The highest BCUT2D eigenvalue weighted by molar-refractivity contribution is 5.78. The lowest BCUT2D eigenvalue weighted by atomic mass is 9.88. The third kappa shape index (κ3) is 9.16. The predicted molar refractivity (Wildman–Crippen MR) is 73.7 cm³/mol. The van der Waals surface area contributed by atoms with Crippen LogP contribution in [0.25, 0.3) is 0 Å². The first-order valence-corrected chi connectivity index (χ1v) is 6.79. The average Bonchev–Trinajstić information content (AvgIpc) is 2.20. The lowest BCUT2D eigenvalue weighted by Gasteiger charge is -2.23. The second kappa shape index (κ2) is 7.70. The van der Waals surface area contributed by atoms with Crippen molar-refractivity contribution < 1.29 is 4.79 Å². The van der Waals surface area contributed by atoms with Crippen molar-refractivity contribution in [2.75, 3.05) is 6.54 Å². The molecule has 2 atom stereocenters. The molecule has 0 aromatic carbocycles. The van der Waals surface area contributed by atoms with E-state index < -0.39 is 0 Å². The minimum Gasteiger partial charge on any atom is -0.354 e. The fourth-order valence-electron chi connectivity index (χ4n) is 1.91. The molecule has 0 radical (unpaired) electrons. The Hall–Kier alpha value is -0.570. The maximum absolute atomic E-state index is 11.8. The Morgan fingerprint density at radius 1 is 1.35 bits per heavy atom. The maximum Gasteiger partial charge on any atom is 0.222 e. The first-order valence-electron chi connectivity index (χ1n) is 6.79. The van der Waals surface area contributed by atoms with Gasteiger partial charge in [-0.25, -0.2) is 0 Å². The quantitative estimate of drug-likeness (QED) is 0.721. The Morgan fingerprint density at radius 3 is 2.41 bits per heavy atom. The van der Waals surface area contributed by atoms with Crippen LogP contribution >= 0.6 is 0 Å². The summed E-state index contributed by atoms with van der Waals surface area (Å²) in [7, 11) is 0. The minimum absolute atomic E-state index is 0.0531. The zero-order valence-corrected chi connectivity index (χ0v) is 12.2. The van der Waals surface area contributed by atoms with Crippen LogP contribution in [0.15, 0.2) is 0 Å². The predicted octanol–water partition coefficient (Wildman–Crippen LogP) is 2.69. The fraction of sp³-hybridized carbons (Fsp3) is 0.929. The van der Waals surface area contributed by atoms with Crippen molar-refractivity contribution in [1.82, 2.24) is 5.32 Å². The summed E-state index contributed by atoms with van der Waals surface area (Å²) in [6, 6.07) is 0.0531. The maximum atomic E-state index is 11.8. The molecule has 0 fully saturated rings. The van der Waals surface area contributed by atoms with E-state index in [0.29, 0.717) is 6.54 Å². The highest BCUT2D eigenvalue weighted by Crippen LogP contribution is 2.19. The molecule has 17 heavy (non-hydrogen) atoms. The second-order valence-electron chi connectivity index (χ2n) is 6.31. The Labute approximate surface area is 107 Å². The van der Waals surface area contributed by atoms with E-state index in [0.717, 1.165) is 25.7 Å². The molecule has 0 aliphatic heterocycles. The number of carbonyl (C=O) groups is 1. The summed E-state index contributed by atoms with van der Waals surface area (Å²) >= 11 is 0. The SMILES string of the molecule is CCCCC(C)C(=O)NCC(N)CC(C)(C)C. The average molecular weight is 242 g/mol. The van der Waals surface area contributed by atoms with Crippen molar-refractivity contribution in [3.8, 4) is 0 Å². The van der Waals surface area contributed by atoms with Crippen LogP contribution in [-0.4, -0.2) is 18.5 Å². The highest BCUT2D eigenvalue weighted by atomic mass is 16.1. The smallest absolute Gasteiger partial charge is 0.222 e. The number of nitrogens with one attached hydrogen (secondary N) is 1. The van der Waals surface area contributed by atoms with Crippen LogP contribution in [0.3, 0.4) is 0 Å². The fourth-order valence-corrected chi connectivity index (χ4v) is 1.91. The van der Waals surface area contributed by atoms with E-state index in [1.807, 2.05) is 6.92 Å². The molecular formula is C14H30N2O. The zero-order valence-electron chi connectivity index (χ0n) is 12.2. The first-order chi connectivity index (χ1) is 7.76. The van der Waals surface area contributed by atoms with Crippen molar-refractivity contribution in [1.29, 1.82) is 0 Å². The van der Waals surface area contributed by atoms with Gasteiger partial charge >= 0.3 is 0 Å². The summed E-state index contributed by atoms with van der Waals surface area (Å²) in [6.45, 7) is 11.2. The van der Waals surface area contributed by atoms with Gasteiger partial charge in [0.25, 0.3) is 0 Å². The molecule has 0 spiro atoms. The van der Waals surface area contributed by atoms with E-state index in [-0.39, 0.29) is 23.3 Å². The number of rotatable bonds is 7. The number of nitrogens with two attached hydrogens (primary N) is 1. The second-order valence-corrected chi connectivity index (χ2v) is 6.31. The van der Waals surface area contributed by atoms with Gasteiger partial charge in [-0.1, -0.05) is 47.5 Å². The number of amides is 1. The van der Waals surface area contributed by atoms with E-state index >= 15 is 0 Å². The Balaban J connectivity index is 3.83. The molecule has 0 aromatic heterocycles. The van der Waals surface area contributed by atoms with Gasteiger partial charge in [0.05, 0.1) is 0 Å². The molecule has 3 N–H and O–H groups in total. The van der Waals surface area contributed by atoms with Gasteiger partial charge in [-0.3, -0.25) is 4.79 Å². The molecule has 0 aliphatic rings. The molecule has 1 amide bonds. The third-order valence-electron chi connectivity index (χ3n) is 2.85. The summed E-state index contributed by atoms with van der Waals surface area (Å²) in [4.78, 5) is 11.8. The van der Waals surface area contributed by atoms with Gasteiger partial charge in [-0.2, -0.15) is 0 Å². The summed E-state index contributed by atoms with van der Waals surface area (Å²) in [5, 5.41) is 2.95. The van der Waals surface area contributed by atoms with Crippen LogP contribution in [0.5, 0.6) is 0 Å². The summed E-state index contributed by atoms with van der Waals surface area (Å²) < 4.78 is 0. The molecule has 0 heterocycles. The van der Waals surface area contributed by atoms with Gasteiger partial charge in [0, 0.05) is 18.5 Å². The monoisotopic (exact) mass is 242 g/mol. The molecule has 0 aliphatic carbocycles. The minimum atomic E-state index is 0.0531. The largest absolute Gasteiger partial charge is 0.354 e. The normalized spacial score (nSPS) is 15.4. The van der Waals surface area contributed by atoms with Crippen molar-refractivity contribution in [3.05, 3.63) is 0 Å². The Kier molecular flexibility index (Phi) is 7.44. The molecule has 3 heteroatoms. The van der Waals surface area contributed by atoms with Crippen LogP contribution in [0.1, 0.15) is 60.3 Å². The van der Waals surface area contributed by atoms with Gasteiger partial charge in [0.15, 0.2) is 0 Å². The first kappa shape index (κ1) is 16.4. The third-order valence-corrected chi connectivity index (χ3v) is 2.85. The molecule has 2 unspecified atom stereocenters. The lowest BCUT2D eigenvalue weighted by molar-refractivity contribution is -0.124. The van der Waals surface area contributed by atoms with E-state index in [4.69, 9.17) is 5.73 Å². The summed E-state index contributed by atoms with van der Waals surface area (Å²) in [5.41, 5.74) is 6.21. The molecule has 0 aromatic rings. The van der Waals surface area contributed by atoms with Crippen molar-refractivity contribution in [3.63, 3.8) is 0 Å². The highest BCUT2D eigenvalue weighted by Gasteiger charge is 2.17. The van der Waals surface area contributed by atoms with E-state index in [9.17, 15) is 4.79 Å². The molecule has 0 rings (SSSR count). The number of carbonyl (C=O) groups excluding carboxylic acids is 1. The molecule has 3 nitrogen and oxygen atoms in total. The van der Waals surface area contributed by atoms with E-state index in [2.05, 4.69) is 33.0 Å². The Bertz CT molecular complexity index is 221. The van der Waals surface area contributed by atoms with Crippen LogP contribution in [0, 0.1) is 11.3 Å². The standard InChI is InChI=1S/C14H30N2O/c1-6-7-8-11(2)13(17)16-10-12(15)9-14(3,4)5/h11-12H,6-10,15H2,1-5H3,(H,16,17). The van der Waals surface area contributed by atoms with Gasteiger partial charge in [0.1, 0.15) is 0 Å². The van der Waals surface area contributed by atoms with Crippen molar-refractivity contribution in [2.24, 2.45) is 17.1 Å². The van der Waals surface area contributed by atoms with Crippen LogP contribution in [0.4, 0.5) is 0 Å². The zero-order chi connectivity index (χ0) is 13.5. The summed E-state index contributed by atoms with van der Waals surface area (Å²) in [6.07, 6.45) is 4.15. The van der Waals surface area contributed by atoms with Gasteiger partial charge in [-0.15, -0.1) is 0 Å². The van der Waals surface area contributed by atoms with Crippen molar-refractivity contribution >= 4 is 5.91 Å². The van der Waals surface area contributed by atoms with Crippen LogP contribution in [-0.2, 0) is 4.79 Å². The Morgan fingerprint density at radius 2 is 1.94 bits per heavy atom. The van der Waals surface area contributed by atoms with E-state index in [1.54, 1.807) is 0 Å². The number of hydrogen-bond donors (Lipinski definition) is 2. The van der Waals surface area contributed by atoms with E-state index in [1.165, 1.54) is 0 Å². The van der Waals surface area contributed by atoms with Crippen molar-refractivity contribution in [2.45, 2.75) is 66.3 Å². The summed E-state index contributed by atoms with van der Waals surface area (Å²) in [5.74, 6) is 0.250. The molecule has 0 bridgehead atoms. The van der Waals surface area contributed by atoms with Gasteiger partial charge < -0.3 is 11.1 Å². The van der Waals surface area contributed by atoms with Gasteiger partial charge in [-0.05, 0) is 18.3 Å². The molecular weight excluding hydrogens is 212 g/mol. The number of unbranched alkanes of at least 4 members (excludes halogenated alkanes) is 1. The molecule has 0 saturated heterocycles. The lowest BCUT2D eigenvalue weighted by Crippen LogP contribution is -2.41. The van der Waals surface area contributed by atoms with Crippen LogP contribution in [0.2, 0.25) is 0 Å². The van der Waals surface area contributed by atoms with Crippen LogP contribution < -0.4 is 11.1 Å². The molecule has 0 saturated carbocycles. The number of hydrogen-bond acceptors (Lipinski definition) is 2.